The molecule has 1 aliphatic rings. The number of hydrogen-bond donors (Lipinski definition) is 1. The molecule has 0 spiro atoms. The van der Waals surface area contributed by atoms with E-state index in [1.54, 1.807) is 10.9 Å². The van der Waals surface area contributed by atoms with E-state index < -0.39 is 0 Å². The summed E-state index contributed by atoms with van der Waals surface area (Å²) in [5, 5.41) is 7.81. The Morgan fingerprint density at radius 1 is 1.57 bits per heavy atom. The van der Waals surface area contributed by atoms with Gasteiger partial charge in [0.2, 0.25) is 0 Å². The van der Waals surface area contributed by atoms with Crippen LogP contribution in [0.5, 0.6) is 0 Å². The number of hydrogen-bond acceptors (Lipinski definition) is 3. The molecule has 1 heterocycles. The zero-order valence-electron chi connectivity index (χ0n) is 8.64. The smallest absolute Gasteiger partial charge is 0.0839 e. The van der Waals surface area contributed by atoms with Crippen molar-refractivity contribution in [2.45, 2.75) is 25.8 Å². The van der Waals surface area contributed by atoms with E-state index in [1.807, 2.05) is 7.05 Å². The van der Waals surface area contributed by atoms with E-state index in [4.69, 9.17) is 5.73 Å². The number of aryl methyl sites for hydroxylation is 1. The van der Waals surface area contributed by atoms with Crippen LogP contribution in [-0.4, -0.2) is 21.0 Å². The molecule has 0 saturated carbocycles. The summed E-state index contributed by atoms with van der Waals surface area (Å²) < 4.78 is 1.80. The molecular formula is C10H16N4. The van der Waals surface area contributed by atoms with Gasteiger partial charge >= 0.3 is 0 Å². The highest BCUT2D eigenvalue weighted by atomic mass is 15.4. The summed E-state index contributed by atoms with van der Waals surface area (Å²) in [5.74, 6) is 0.653. The van der Waals surface area contributed by atoms with Gasteiger partial charge in [-0.1, -0.05) is 18.2 Å². The molecule has 4 nitrogen and oxygen atoms in total. The van der Waals surface area contributed by atoms with Gasteiger partial charge in [0.05, 0.1) is 11.9 Å². The molecule has 1 aliphatic carbocycles. The van der Waals surface area contributed by atoms with Crippen LogP contribution in [0.15, 0.2) is 12.3 Å². The molecule has 76 valence electrons. The molecular weight excluding hydrogens is 176 g/mol. The van der Waals surface area contributed by atoms with Crippen molar-refractivity contribution in [2.24, 2.45) is 18.7 Å². The molecule has 0 aliphatic heterocycles. The summed E-state index contributed by atoms with van der Waals surface area (Å²) in [4.78, 5) is 0. The van der Waals surface area contributed by atoms with Crippen LogP contribution in [0.2, 0.25) is 0 Å². The van der Waals surface area contributed by atoms with Crippen LogP contribution in [0.4, 0.5) is 0 Å². The molecule has 1 aromatic heterocycles. The highest BCUT2D eigenvalue weighted by Gasteiger charge is 2.19. The lowest BCUT2D eigenvalue weighted by molar-refractivity contribution is 0.493. The van der Waals surface area contributed by atoms with Gasteiger partial charge < -0.3 is 5.73 Å². The van der Waals surface area contributed by atoms with Gasteiger partial charge in [-0.15, -0.1) is 5.10 Å². The van der Waals surface area contributed by atoms with Crippen LogP contribution >= 0.6 is 0 Å². The van der Waals surface area contributed by atoms with E-state index in [9.17, 15) is 0 Å². The van der Waals surface area contributed by atoms with Gasteiger partial charge in [0.1, 0.15) is 0 Å². The van der Waals surface area contributed by atoms with Crippen LogP contribution in [0.25, 0.3) is 5.57 Å². The third-order valence-corrected chi connectivity index (χ3v) is 2.70. The van der Waals surface area contributed by atoms with Gasteiger partial charge in [0.25, 0.3) is 0 Å². The maximum Gasteiger partial charge on any atom is 0.0839 e. The Hall–Kier alpha value is -1.16. The summed E-state index contributed by atoms with van der Waals surface area (Å²) in [6.45, 7) is 2.23. The zero-order chi connectivity index (χ0) is 10.1. The second kappa shape index (κ2) is 3.53. The predicted octanol–water partition coefficient (Wildman–Crippen LogP) is 0.956. The Bertz CT molecular complexity index is 353. The van der Waals surface area contributed by atoms with Crippen molar-refractivity contribution in [2.75, 3.05) is 0 Å². The van der Waals surface area contributed by atoms with Crippen molar-refractivity contribution in [3.63, 3.8) is 0 Å². The molecule has 4 heteroatoms. The number of rotatable bonds is 1. The first kappa shape index (κ1) is 9.40. The Labute approximate surface area is 83.8 Å². The van der Waals surface area contributed by atoms with Crippen LogP contribution < -0.4 is 5.73 Å². The minimum absolute atomic E-state index is 0.184. The monoisotopic (exact) mass is 192 g/mol. The molecule has 2 N–H and O–H groups in total. The first-order valence-electron chi connectivity index (χ1n) is 4.98. The van der Waals surface area contributed by atoms with Crippen LogP contribution in [0.3, 0.4) is 0 Å². The van der Waals surface area contributed by atoms with E-state index >= 15 is 0 Å². The second-order valence-electron chi connectivity index (χ2n) is 4.14. The zero-order valence-corrected chi connectivity index (χ0v) is 8.64. The molecule has 14 heavy (non-hydrogen) atoms. The molecule has 0 radical (unpaired) electrons. The predicted molar refractivity (Wildman–Crippen MR) is 55.4 cm³/mol. The summed E-state index contributed by atoms with van der Waals surface area (Å²) >= 11 is 0. The highest BCUT2D eigenvalue weighted by Crippen LogP contribution is 2.29. The quantitative estimate of drug-likeness (QED) is 0.721. The van der Waals surface area contributed by atoms with Crippen molar-refractivity contribution in [3.05, 3.63) is 18.0 Å². The average molecular weight is 192 g/mol. The maximum absolute atomic E-state index is 5.95. The Morgan fingerprint density at radius 2 is 2.36 bits per heavy atom. The first-order valence-corrected chi connectivity index (χ1v) is 4.98. The van der Waals surface area contributed by atoms with Crippen molar-refractivity contribution in [1.82, 2.24) is 15.0 Å². The van der Waals surface area contributed by atoms with Crippen LogP contribution in [0.1, 0.15) is 25.5 Å². The molecule has 0 bridgehead atoms. The van der Waals surface area contributed by atoms with Crippen LogP contribution in [-0.2, 0) is 7.05 Å². The third-order valence-electron chi connectivity index (χ3n) is 2.70. The standard InChI is InChI=1S/C10H16N4/c1-7-3-8(5-9(11)4-7)10-6-12-13-14(10)2/h5-7,9H,3-4,11H2,1-2H3. The Balaban J connectivity index is 2.30. The molecule has 2 rings (SSSR count). The summed E-state index contributed by atoms with van der Waals surface area (Å²) in [6, 6.07) is 0.184. The van der Waals surface area contributed by atoms with Gasteiger partial charge in [-0.2, -0.15) is 0 Å². The van der Waals surface area contributed by atoms with E-state index in [0.29, 0.717) is 5.92 Å². The normalized spacial score (nSPS) is 27.5. The van der Waals surface area contributed by atoms with Gasteiger partial charge in [-0.25, -0.2) is 4.68 Å². The number of nitrogens with two attached hydrogens (primary N) is 1. The minimum Gasteiger partial charge on any atom is -0.324 e. The topological polar surface area (TPSA) is 56.7 Å². The maximum atomic E-state index is 5.95. The van der Waals surface area contributed by atoms with E-state index in [1.165, 1.54) is 5.57 Å². The summed E-state index contributed by atoms with van der Waals surface area (Å²) in [7, 11) is 1.91. The van der Waals surface area contributed by atoms with Crippen LogP contribution in [0, 0.1) is 5.92 Å². The largest absolute Gasteiger partial charge is 0.324 e. The fourth-order valence-electron chi connectivity index (χ4n) is 2.09. The van der Waals surface area contributed by atoms with Crippen molar-refractivity contribution in [1.29, 1.82) is 0 Å². The lowest BCUT2D eigenvalue weighted by Crippen LogP contribution is -2.24. The fraction of sp³-hybridized carbons (Fsp3) is 0.600. The second-order valence-corrected chi connectivity index (χ2v) is 4.14. The molecule has 0 amide bonds. The van der Waals surface area contributed by atoms with Gasteiger partial charge in [-0.3, -0.25) is 0 Å². The molecule has 2 atom stereocenters. The molecule has 0 saturated heterocycles. The molecule has 0 aromatic carbocycles. The van der Waals surface area contributed by atoms with Gasteiger partial charge in [-0.05, 0) is 24.3 Å². The van der Waals surface area contributed by atoms with Gasteiger partial charge in [0, 0.05) is 13.1 Å². The van der Waals surface area contributed by atoms with Crippen molar-refractivity contribution < 1.29 is 0 Å². The number of aromatic nitrogens is 3. The third kappa shape index (κ3) is 1.70. The molecule has 1 aromatic rings. The van der Waals surface area contributed by atoms with E-state index in [0.717, 1.165) is 18.5 Å². The SMILES string of the molecule is CC1CC(c2cnnn2C)=CC(N)C1. The summed E-state index contributed by atoms with van der Waals surface area (Å²) in [6.07, 6.45) is 6.10. The Morgan fingerprint density at radius 3 is 2.93 bits per heavy atom. The molecule has 0 fully saturated rings. The van der Waals surface area contributed by atoms with Crippen molar-refractivity contribution in [3.8, 4) is 0 Å². The molecule has 2 unspecified atom stereocenters. The fourth-order valence-corrected chi connectivity index (χ4v) is 2.09. The van der Waals surface area contributed by atoms with Gasteiger partial charge in [0.15, 0.2) is 0 Å². The van der Waals surface area contributed by atoms with E-state index in [2.05, 4.69) is 23.3 Å². The average Bonchev–Trinajstić information content (AvgIpc) is 2.49. The minimum atomic E-state index is 0.184. The van der Waals surface area contributed by atoms with E-state index in [-0.39, 0.29) is 6.04 Å². The Kier molecular flexibility index (Phi) is 2.37. The lowest BCUT2D eigenvalue weighted by atomic mass is 9.86. The highest BCUT2D eigenvalue weighted by molar-refractivity contribution is 5.63. The van der Waals surface area contributed by atoms with Crippen molar-refractivity contribution >= 4 is 5.57 Å². The number of allylic oxidation sites excluding steroid dienone is 1. The summed E-state index contributed by atoms with van der Waals surface area (Å²) in [5.41, 5.74) is 8.32. The first-order chi connectivity index (χ1) is 6.66. The number of nitrogens with zero attached hydrogens (tertiary/aromatic N) is 3. The lowest BCUT2D eigenvalue weighted by Gasteiger charge is -2.23.